The highest BCUT2D eigenvalue weighted by Gasteiger charge is 2.39. The molecule has 0 atom stereocenters. The Morgan fingerprint density at radius 2 is 0.631 bits per heavy atom. The molecule has 0 saturated carbocycles. The number of hydrogen-bond acceptors (Lipinski definition) is 2. The van der Waals surface area contributed by atoms with E-state index in [1.54, 1.807) is 0 Å². The Hall–Kier alpha value is -8.20. The number of benzene rings is 12. The van der Waals surface area contributed by atoms with Crippen LogP contribution in [-0.2, 0) is 5.41 Å². The normalized spacial score (nSPS) is 12.9. The van der Waals surface area contributed by atoms with Gasteiger partial charge in [-0.05, 0) is 160 Å². The average Bonchev–Trinajstić information content (AvgIpc) is 3.60. The van der Waals surface area contributed by atoms with E-state index < -0.39 is 0 Å². The molecule has 0 saturated heterocycles. The predicted octanol–water partition coefficient (Wildman–Crippen LogP) is 17.9. The van der Waals surface area contributed by atoms with Gasteiger partial charge in [-0.1, -0.05) is 172 Å². The van der Waals surface area contributed by atoms with Crippen LogP contribution in [0, 0.1) is 0 Å². The van der Waals surface area contributed by atoms with Gasteiger partial charge in [-0.3, -0.25) is 0 Å². The van der Waals surface area contributed by atoms with Crippen LogP contribution < -0.4 is 9.80 Å². The van der Waals surface area contributed by atoms with Crippen LogP contribution in [-0.4, -0.2) is 0 Å². The van der Waals surface area contributed by atoms with Crippen LogP contribution >= 0.6 is 0 Å². The van der Waals surface area contributed by atoms with Gasteiger partial charge in [-0.25, -0.2) is 0 Å². The molecule has 2 nitrogen and oxygen atoms in total. The van der Waals surface area contributed by atoms with Gasteiger partial charge in [0, 0.05) is 39.5 Å². The Morgan fingerprint density at radius 3 is 1.09 bits per heavy atom. The fourth-order valence-electron chi connectivity index (χ4n) is 10.9. The fourth-order valence-corrected chi connectivity index (χ4v) is 10.9. The molecule has 0 spiro atoms. The second kappa shape index (κ2) is 14.4. The van der Waals surface area contributed by atoms with Crippen molar-refractivity contribution in [2.75, 3.05) is 9.80 Å². The zero-order valence-corrected chi connectivity index (χ0v) is 36.3. The molecule has 0 heterocycles. The summed E-state index contributed by atoms with van der Waals surface area (Å²) in [7, 11) is 0. The van der Waals surface area contributed by atoms with E-state index >= 15 is 0 Å². The Labute approximate surface area is 378 Å². The van der Waals surface area contributed by atoms with Crippen molar-refractivity contribution in [1.29, 1.82) is 0 Å². The van der Waals surface area contributed by atoms with Crippen LogP contribution in [0.15, 0.2) is 231 Å². The standard InChI is InChI=1S/C63H44N2/c1-63(2)60-40-54(65(51-29-25-43-15-5-9-19-47(43)37-51)52-30-26-44-16-6-10-20-48(44)38-52)32-34-58(60)61-56-22-12-11-21-55(56)59-39-53(31-33-57(59)62(61)63)64(49-27-23-41-13-3-7-17-45(41)35-49)50-28-24-42-14-4-8-18-46(42)36-50/h3-40H,1-2H3. The third kappa shape index (κ3) is 5.95. The average molecular weight is 829 g/mol. The zero-order valence-electron chi connectivity index (χ0n) is 36.3. The number of rotatable bonds is 6. The lowest BCUT2D eigenvalue weighted by Gasteiger charge is -2.29. The van der Waals surface area contributed by atoms with Gasteiger partial charge in [0.2, 0.25) is 0 Å². The number of fused-ring (bicyclic) bond motifs is 12. The molecule has 13 rings (SSSR count). The molecule has 0 fully saturated rings. The summed E-state index contributed by atoms with van der Waals surface area (Å²) in [4.78, 5) is 4.87. The SMILES string of the molecule is CC1(C)c2cc(N(c3ccc4ccccc4c3)c3ccc4ccccc4c3)ccc2-c2c1c1ccc(N(c3ccc4ccccc4c3)c3ccc4ccccc4c3)cc1c1ccccc21. The second-order valence-corrected chi connectivity index (χ2v) is 18.2. The summed E-state index contributed by atoms with van der Waals surface area (Å²) in [5, 5.41) is 14.9. The van der Waals surface area contributed by atoms with Crippen molar-refractivity contribution < 1.29 is 0 Å². The minimum Gasteiger partial charge on any atom is -0.310 e. The molecule has 306 valence electrons. The molecule has 0 aromatic heterocycles. The van der Waals surface area contributed by atoms with E-state index in [0.717, 1.165) is 34.1 Å². The lowest BCUT2D eigenvalue weighted by atomic mass is 9.79. The maximum atomic E-state index is 2.47. The minimum atomic E-state index is -0.292. The van der Waals surface area contributed by atoms with Crippen LogP contribution in [0.2, 0.25) is 0 Å². The molecule has 12 aromatic rings. The van der Waals surface area contributed by atoms with E-state index in [2.05, 4.69) is 254 Å². The Kier molecular flexibility index (Phi) is 8.29. The lowest BCUT2D eigenvalue weighted by Crippen LogP contribution is -2.17. The van der Waals surface area contributed by atoms with Crippen LogP contribution in [0.4, 0.5) is 34.1 Å². The highest BCUT2D eigenvalue weighted by atomic mass is 15.1. The van der Waals surface area contributed by atoms with E-state index in [1.807, 2.05) is 0 Å². The zero-order chi connectivity index (χ0) is 43.2. The van der Waals surface area contributed by atoms with E-state index in [4.69, 9.17) is 0 Å². The Morgan fingerprint density at radius 1 is 0.277 bits per heavy atom. The van der Waals surface area contributed by atoms with Gasteiger partial charge in [0.15, 0.2) is 0 Å². The number of anilines is 6. The van der Waals surface area contributed by atoms with Crippen molar-refractivity contribution in [2.45, 2.75) is 19.3 Å². The van der Waals surface area contributed by atoms with Gasteiger partial charge >= 0.3 is 0 Å². The van der Waals surface area contributed by atoms with Crippen molar-refractivity contribution in [1.82, 2.24) is 0 Å². The molecule has 0 unspecified atom stereocenters. The van der Waals surface area contributed by atoms with Gasteiger partial charge < -0.3 is 9.80 Å². The third-order valence-electron chi connectivity index (χ3n) is 14.1. The van der Waals surface area contributed by atoms with Crippen molar-refractivity contribution >= 4 is 98.8 Å². The van der Waals surface area contributed by atoms with Gasteiger partial charge in [0.05, 0.1) is 0 Å². The smallest absolute Gasteiger partial charge is 0.0468 e. The largest absolute Gasteiger partial charge is 0.310 e. The van der Waals surface area contributed by atoms with Crippen LogP contribution in [0.25, 0.3) is 75.8 Å². The summed E-state index contributed by atoms with van der Waals surface area (Å²) in [6.45, 7) is 4.85. The lowest BCUT2D eigenvalue weighted by molar-refractivity contribution is 0.666. The van der Waals surface area contributed by atoms with E-state index in [1.165, 1.54) is 86.9 Å². The van der Waals surface area contributed by atoms with Gasteiger partial charge in [0.1, 0.15) is 0 Å². The second-order valence-electron chi connectivity index (χ2n) is 18.2. The highest BCUT2D eigenvalue weighted by Crippen LogP contribution is 2.56. The highest BCUT2D eigenvalue weighted by molar-refractivity contribution is 6.19. The molecular formula is C63H44N2. The van der Waals surface area contributed by atoms with Gasteiger partial charge in [-0.15, -0.1) is 0 Å². The first-order chi connectivity index (χ1) is 32.0. The van der Waals surface area contributed by atoms with Crippen LogP contribution in [0.3, 0.4) is 0 Å². The molecule has 0 aliphatic heterocycles. The molecule has 12 aromatic carbocycles. The molecule has 0 radical (unpaired) electrons. The summed E-state index contributed by atoms with van der Waals surface area (Å²) in [6.07, 6.45) is 0. The first kappa shape index (κ1) is 37.4. The van der Waals surface area contributed by atoms with Crippen LogP contribution in [0.5, 0.6) is 0 Å². The third-order valence-corrected chi connectivity index (χ3v) is 14.1. The molecule has 1 aliphatic carbocycles. The maximum Gasteiger partial charge on any atom is 0.0468 e. The van der Waals surface area contributed by atoms with Crippen molar-refractivity contribution in [3.63, 3.8) is 0 Å². The Bertz CT molecular complexity index is 3740. The van der Waals surface area contributed by atoms with E-state index in [-0.39, 0.29) is 5.41 Å². The van der Waals surface area contributed by atoms with E-state index in [0.29, 0.717) is 0 Å². The van der Waals surface area contributed by atoms with Crippen LogP contribution in [0.1, 0.15) is 25.0 Å². The fraction of sp³-hybridized carbons (Fsp3) is 0.0476. The monoisotopic (exact) mass is 828 g/mol. The molecule has 2 heteroatoms. The minimum absolute atomic E-state index is 0.292. The quantitative estimate of drug-likeness (QED) is 0.154. The topological polar surface area (TPSA) is 6.48 Å². The van der Waals surface area contributed by atoms with Gasteiger partial charge in [0.25, 0.3) is 0 Å². The molecular weight excluding hydrogens is 785 g/mol. The number of nitrogens with zero attached hydrogens (tertiary/aromatic N) is 2. The molecule has 65 heavy (non-hydrogen) atoms. The molecule has 1 aliphatic rings. The first-order valence-electron chi connectivity index (χ1n) is 22.7. The summed E-state index contributed by atoms with van der Waals surface area (Å²) in [5.74, 6) is 0. The van der Waals surface area contributed by atoms with E-state index in [9.17, 15) is 0 Å². The summed E-state index contributed by atoms with van der Waals surface area (Å²) >= 11 is 0. The maximum absolute atomic E-state index is 2.47. The molecule has 0 amide bonds. The van der Waals surface area contributed by atoms with Crippen molar-refractivity contribution in [3.8, 4) is 11.1 Å². The Balaban J connectivity index is 1.000. The van der Waals surface area contributed by atoms with Crippen molar-refractivity contribution in [2.24, 2.45) is 0 Å². The first-order valence-corrected chi connectivity index (χ1v) is 22.7. The number of hydrogen-bond donors (Lipinski definition) is 0. The molecule has 0 bridgehead atoms. The summed E-state index contributed by atoms with van der Waals surface area (Å²) < 4.78 is 0. The predicted molar refractivity (Wildman–Crippen MR) is 278 cm³/mol. The molecule has 0 N–H and O–H groups in total. The van der Waals surface area contributed by atoms with Crippen molar-refractivity contribution in [3.05, 3.63) is 242 Å². The summed E-state index contributed by atoms with van der Waals surface area (Å²) in [6, 6.07) is 85.4. The summed E-state index contributed by atoms with van der Waals surface area (Å²) in [5.41, 5.74) is 11.9. The van der Waals surface area contributed by atoms with Gasteiger partial charge in [-0.2, -0.15) is 0 Å².